The first-order chi connectivity index (χ1) is 11.4. The average molecular weight is 342 g/mol. The van der Waals surface area contributed by atoms with Crippen molar-refractivity contribution >= 4 is 37.5 Å². The van der Waals surface area contributed by atoms with Crippen LogP contribution in [0.1, 0.15) is 37.6 Å². The summed E-state index contributed by atoms with van der Waals surface area (Å²) in [4.78, 5) is 34.8. The van der Waals surface area contributed by atoms with Crippen molar-refractivity contribution in [3.05, 3.63) is 58.3 Å². The van der Waals surface area contributed by atoms with Crippen molar-refractivity contribution in [2.75, 3.05) is 0 Å². The first-order valence-corrected chi connectivity index (χ1v) is 8.58. The Labute approximate surface area is 143 Å². The van der Waals surface area contributed by atoms with E-state index in [9.17, 15) is 9.59 Å². The SMILES string of the molecule is CCC(C)(C)OOC(=O)c1ccc2c(=O)c3ccccc3sc2c1. The Morgan fingerprint density at radius 2 is 1.79 bits per heavy atom. The lowest BCUT2D eigenvalue weighted by atomic mass is 10.1. The van der Waals surface area contributed by atoms with Gasteiger partial charge in [-0.2, -0.15) is 4.89 Å². The van der Waals surface area contributed by atoms with Crippen LogP contribution < -0.4 is 5.43 Å². The minimum absolute atomic E-state index is 0.0253. The lowest BCUT2D eigenvalue weighted by molar-refractivity contribution is -0.307. The van der Waals surface area contributed by atoms with Crippen LogP contribution in [-0.4, -0.2) is 11.6 Å². The highest BCUT2D eigenvalue weighted by Gasteiger charge is 2.20. The molecule has 0 fully saturated rings. The summed E-state index contributed by atoms with van der Waals surface area (Å²) in [7, 11) is 0. The molecular weight excluding hydrogens is 324 g/mol. The highest BCUT2D eigenvalue weighted by Crippen LogP contribution is 2.25. The van der Waals surface area contributed by atoms with Crippen LogP contribution in [0.3, 0.4) is 0 Å². The average Bonchev–Trinajstić information content (AvgIpc) is 2.59. The summed E-state index contributed by atoms with van der Waals surface area (Å²) in [6, 6.07) is 12.4. The van der Waals surface area contributed by atoms with Crippen molar-refractivity contribution in [2.24, 2.45) is 0 Å². The number of fused-ring (bicyclic) bond motifs is 2. The van der Waals surface area contributed by atoms with Gasteiger partial charge in [-0.15, -0.1) is 11.3 Å². The first kappa shape index (κ1) is 16.6. The number of carbonyl (C=O) groups excluding carboxylic acids is 1. The van der Waals surface area contributed by atoms with Gasteiger partial charge >= 0.3 is 5.97 Å². The lowest BCUT2D eigenvalue weighted by Gasteiger charge is -2.20. The summed E-state index contributed by atoms with van der Waals surface area (Å²) in [6.45, 7) is 5.64. The molecule has 0 aliphatic carbocycles. The van der Waals surface area contributed by atoms with E-state index in [2.05, 4.69) is 0 Å². The normalized spacial score (nSPS) is 11.8. The molecule has 0 radical (unpaired) electrons. The van der Waals surface area contributed by atoms with Crippen LogP contribution in [0.5, 0.6) is 0 Å². The van der Waals surface area contributed by atoms with Crippen LogP contribution in [0, 0.1) is 0 Å². The molecule has 0 aliphatic heterocycles. The minimum Gasteiger partial charge on any atom is -0.292 e. The molecule has 0 bridgehead atoms. The van der Waals surface area contributed by atoms with Gasteiger partial charge in [0.2, 0.25) is 0 Å². The summed E-state index contributed by atoms with van der Waals surface area (Å²) in [5.41, 5.74) is -0.198. The summed E-state index contributed by atoms with van der Waals surface area (Å²) >= 11 is 1.48. The molecule has 3 aromatic rings. The standard InChI is InChI=1S/C19H18O4S/c1-4-19(2,3)23-22-18(21)12-9-10-14-16(11-12)24-15-8-6-5-7-13(15)17(14)20/h5-11H,4H2,1-3H3. The van der Waals surface area contributed by atoms with E-state index in [1.807, 2.05) is 45.0 Å². The maximum absolute atomic E-state index is 12.5. The number of hydrogen-bond donors (Lipinski definition) is 0. The zero-order valence-corrected chi connectivity index (χ0v) is 14.6. The Hall–Kier alpha value is -2.24. The fourth-order valence-corrected chi connectivity index (χ4v) is 3.30. The van der Waals surface area contributed by atoms with Crippen molar-refractivity contribution in [1.29, 1.82) is 0 Å². The topological polar surface area (TPSA) is 52.6 Å². The second kappa shape index (κ2) is 6.34. The van der Waals surface area contributed by atoms with E-state index in [0.29, 0.717) is 22.8 Å². The van der Waals surface area contributed by atoms with Crippen LogP contribution in [0.15, 0.2) is 47.3 Å². The number of carbonyl (C=O) groups is 1. The fraction of sp³-hybridized carbons (Fsp3) is 0.263. The third kappa shape index (κ3) is 3.18. The molecule has 1 heterocycles. The summed E-state index contributed by atoms with van der Waals surface area (Å²) in [5, 5.41) is 1.29. The van der Waals surface area contributed by atoms with E-state index in [0.717, 1.165) is 9.40 Å². The summed E-state index contributed by atoms with van der Waals surface area (Å²) < 4.78 is 1.65. The third-order valence-electron chi connectivity index (χ3n) is 4.01. The molecule has 0 N–H and O–H groups in total. The summed E-state index contributed by atoms with van der Waals surface area (Å²) in [5.74, 6) is -0.564. The number of benzene rings is 2. The highest BCUT2D eigenvalue weighted by atomic mass is 32.1. The Kier molecular flexibility index (Phi) is 4.39. The van der Waals surface area contributed by atoms with E-state index in [-0.39, 0.29) is 5.43 Å². The Balaban J connectivity index is 1.98. The van der Waals surface area contributed by atoms with Gasteiger partial charge in [0.25, 0.3) is 0 Å². The maximum Gasteiger partial charge on any atom is 0.373 e. The Morgan fingerprint density at radius 1 is 1.08 bits per heavy atom. The van der Waals surface area contributed by atoms with E-state index < -0.39 is 11.6 Å². The highest BCUT2D eigenvalue weighted by molar-refractivity contribution is 7.24. The van der Waals surface area contributed by atoms with E-state index >= 15 is 0 Å². The lowest BCUT2D eigenvalue weighted by Crippen LogP contribution is -2.25. The molecule has 0 spiro atoms. The first-order valence-electron chi connectivity index (χ1n) is 7.77. The quantitative estimate of drug-likeness (QED) is 0.392. The van der Waals surface area contributed by atoms with Crippen LogP contribution >= 0.6 is 11.3 Å². The van der Waals surface area contributed by atoms with Gasteiger partial charge in [0.15, 0.2) is 5.43 Å². The Bertz CT molecular complexity index is 972. The zero-order valence-electron chi connectivity index (χ0n) is 13.8. The van der Waals surface area contributed by atoms with Crippen molar-refractivity contribution in [2.45, 2.75) is 32.8 Å². The zero-order chi connectivity index (χ0) is 17.3. The van der Waals surface area contributed by atoms with Crippen molar-refractivity contribution in [3.8, 4) is 0 Å². The van der Waals surface area contributed by atoms with Gasteiger partial charge in [-0.1, -0.05) is 19.1 Å². The van der Waals surface area contributed by atoms with Gasteiger partial charge in [-0.3, -0.25) is 9.68 Å². The minimum atomic E-state index is -0.564. The van der Waals surface area contributed by atoms with Crippen molar-refractivity contribution in [3.63, 3.8) is 0 Å². The van der Waals surface area contributed by atoms with Gasteiger partial charge in [0, 0.05) is 20.2 Å². The molecule has 1 aromatic heterocycles. The summed E-state index contributed by atoms with van der Waals surface area (Å²) in [6.07, 6.45) is 0.714. The predicted molar refractivity (Wildman–Crippen MR) is 96.5 cm³/mol. The largest absolute Gasteiger partial charge is 0.373 e. The van der Waals surface area contributed by atoms with E-state index in [1.165, 1.54) is 11.3 Å². The van der Waals surface area contributed by atoms with Gasteiger partial charge < -0.3 is 0 Å². The molecule has 124 valence electrons. The Morgan fingerprint density at radius 3 is 2.54 bits per heavy atom. The molecule has 0 amide bonds. The van der Waals surface area contributed by atoms with Crippen LogP contribution in [0.4, 0.5) is 0 Å². The second-order valence-electron chi connectivity index (χ2n) is 6.21. The van der Waals surface area contributed by atoms with Crippen LogP contribution in [-0.2, 0) is 9.78 Å². The van der Waals surface area contributed by atoms with Gasteiger partial charge in [-0.05, 0) is 50.6 Å². The van der Waals surface area contributed by atoms with Crippen molar-refractivity contribution in [1.82, 2.24) is 0 Å². The molecule has 3 rings (SSSR count). The molecule has 4 nitrogen and oxygen atoms in total. The van der Waals surface area contributed by atoms with Crippen LogP contribution in [0.2, 0.25) is 0 Å². The number of hydrogen-bond acceptors (Lipinski definition) is 5. The van der Waals surface area contributed by atoms with Gasteiger partial charge in [0.05, 0.1) is 5.56 Å². The number of rotatable bonds is 4. The van der Waals surface area contributed by atoms with Gasteiger partial charge in [-0.25, -0.2) is 4.79 Å². The molecule has 24 heavy (non-hydrogen) atoms. The van der Waals surface area contributed by atoms with E-state index in [1.54, 1.807) is 18.2 Å². The molecule has 0 atom stereocenters. The van der Waals surface area contributed by atoms with Gasteiger partial charge in [0.1, 0.15) is 5.60 Å². The second-order valence-corrected chi connectivity index (χ2v) is 7.29. The molecule has 0 saturated heterocycles. The molecule has 0 aliphatic rings. The van der Waals surface area contributed by atoms with Crippen LogP contribution in [0.25, 0.3) is 20.2 Å². The van der Waals surface area contributed by atoms with Crippen molar-refractivity contribution < 1.29 is 14.6 Å². The molecule has 2 aromatic carbocycles. The fourth-order valence-electron chi connectivity index (χ4n) is 2.19. The third-order valence-corrected chi connectivity index (χ3v) is 5.14. The van der Waals surface area contributed by atoms with E-state index in [4.69, 9.17) is 9.78 Å². The smallest absolute Gasteiger partial charge is 0.292 e. The maximum atomic E-state index is 12.5. The molecule has 0 saturated carbocycles. The predicted octanol–water partition coefficient (Wildman–Crippen LogP) is 4.69. The molecule has 5 heteroatoms. The molecule has 0 unspecified atom stereocenters. The molecular formula is C19H18O4S. The monoisotopic (exact) mass is 342 g/mol.